The van der Waals surface area contributed by atoms with E-state index < -0.39 is 5.54 Å². The second-order valence-electron chi connectivity index (χ2n) is 4.23. The summed E-state index contributed by atoms with van der Waals surface area (Å²) in [4.78, 5) is 8.63. The first-order valence-corrected chi connectivity index (χ1v) is 6.18. The van der Waals surface area contributed by atoms with Crippen molar-refractivity contribution in [2.24, 2.45) is 0 Å². The summed E-state index contributed by atoms with van der Waals surface area (Å²) in [7, 11) is 1.79. The number of hydrogen-bond acceptors (Lipinski definition) is 6. The quantitative estimate of drug-likeness (QED) is 0.570. The molecule has 0 unspecified atom stereocenters. The van der Waals surface area contributed by atoms with Gasteiger partial charge in [0.15, 0.2) is 0 Å². The molecule has 0 aliphatic heterocycles. The third-order valence-electron chi connectivity index (χ3n) is 3.02. The molecule has 0 aromatic carbocycles. The van der Waals surface area contributed by atoms with Gasteiger partial charge in [-0.25, -0.2) is 9.97 Å². The lowest BCUT2D eigenvalue weighted by molar-refractivity contribution is 0.132. The zero-order chi connectivity index (χ0) is 13.6. The van der Waals surface area contributed by atoms with E-state index >= 15 is 0 Å². The highest BCUT2D eigenvalue weighted by Crippen LogP contribution is 2.19. The highest BCUT2D eigenvalue weighted by Gasteiger charge is 2.27. The molecular weight excluding hydrogens is 232 g/mol. The van der Waals surface area contributed by atoms with E-state index in [4.69, 9.17) is 0 Å². The fraction of sp³-hybridized carbons (Fsp3) is 0.667. The van der Waals surface area contributed by atoms with Crippen LogP contribution in [0.3, 0.4) is 0 Å². The third-order valence-corrected chi connectivity index (χ3v) is 3.02. The van der Waals surface area contributed by atoms with Crippen molar-refractivity contribution in [2.45, 2.75) is 32.2 Å². The summed E-state index contributed by atoms with van der Waals surface area (Å²) >= 11 is 0. The Hall–Kier alpha value is -1.40. The van der Waals surface area contributed by atoms with Gasteiger partial charge in [-0.3, -0.25) is 0 Å². The summed E-state index contributed by atoms with van der Waals surface area (Å²) in [6.07, 6.45) is 1.32. The van der Waals surface area contributed by atoms with Crippen molar-refractivity contribution in [3.8, 4) is 0 Å². The van der Waals surface area contributed by atoms with Crippen LogP contribution in [0, 0.1) is 0 Å². The van der Waals surface area contributed by atoms with Crippen LogP contribution >= 0.6 is 0 Å². The molecule has 0 saturated carbocycles. The lowest BCUT2D eigenvalue weighted by Gasteiger charge is -2.30. The molecule has 4 N–H and O–H groups in total. The summed E-state index contributed by atoms with van der Waals surface area (Å²) in [6, 6.07) is 1.76. The van der Waals surface area contributed by atoms with Crippen LogP contribution in [-0.4, -0.2) is 46.0 Å². The number of rotatable bonds is 7. The zero-order valence-corrected chi connectivity index (χ0v) is 11.2. The molecule has 0 amide bonds. The number of nitrogens with zero attached hydrogens (tertiary/aromatic N) is 2. The van der Waals surface area contributed by atoms with Gasteiger partial charge in [0.05, 0.1) is 18.8 Å². The lowest BCUT2D eigenvalue weighted by atomic mass is 9.98. The largest absolute Gasteiger partial charge is 0.394 e. The zero-order valence-electron chi connectivity index (χ0n) is 11.2. The van der Waals surface area contributed by atoms with Crippen LogP contribution in [-0.2, 0) is 6.42 Å². The number of hydrogen-bond donors (Lipinski definition) is 4. The van der Waals surface area contributed by atoms with E-state index in [0.29, 0.717) is 23.9 Å². The van der Waals surface area contributed by atoms with Crippen molar-refractivity contribution >= 4 is 11.6 Å². The summed E-state index contributed by atoms with van der Waals surface area (Å²) in [5.74, 6) is 2.03. The first kappa shape index (κ1) is 14.7. The van der Waals surface area contributed by atoms with E-state index in [1.807, 2.05) is 13.8 Å². The van der Waals surface area contributed by atoms with Crippen molar-refractivity contribution < 1.29 is 10.2 Å². The predicted molar refractivity (Wildman–Crippen MR) is 71.8 cm³/mol. The van der Waals surface area contributed by atoms with Crippen molar-refractivity contribution in [1.82, 2.24) is 9.97 Å². The standard InChI is InChI=1S/C12H22N4O2/c1-4-9-14-10(13-3)6-11(15-9)16-12(5-2,7-17)8-18/h6,17-18H,4-5,7-8H2,1-3H3,(H2,13,14,15,16). The average Bonchev–Trinajstić information content (AvgIpc) is 2.44. The Kier molecular flexibility index (Phi) is 5.30. The molecule has 1 heterocycles. The van der Waals surface area contributed by atoms with Gasteiger partial charge >= 0.3 is 0 Å². The minimum absolute atomic E-state index is 0.152. The number of aromatic nitrogens is 2. The van der Waals surface area contributed by atoms with Crippen LogP contribution in [0.15, 0.2) is 6.07 Å². The van der Waals surface area contributed by atoms with Gasteiger partial charge < -0.3 is 20.8 Å². The molecule has 6 nitrogen and oxygen atoms in total. The fourth-order valence-corrected chi connectivity index (χ4v) is 1.56. The molecule has 0 saturated heterocycles. The molecule has 0 aliphatic carbocycles. The molecule has 0 spiro atoms. The lowest BCUT2D eigenvalue weighted by Crippen LogP contribution is -2.45. The van der Waals surface area contributed by atoms with Gasteiger partial charge in [-0.15, -0.1) is 0 Å². The number of aliphatic hydroxyl groups excluding tert-OH is 2. The van der Waals surface area contributed by atoms with Crippen LogP contribution in [0.1, 0.15) is 26.1 Å². The number of aliphatic hydroxyl groups is 2. The van der Waals surface area contributed by atoms with E-state index in [1.165, 1.54) is 0 Å². The van der Waals surface area contributed by atoms with Crippen LogP contribution in [0.5, 0.6) is 0 Å². The molecule has 0 atom stereocenters. The van der Waals surface area contributed by atoms with Crippen molar-refractivity contribution in [1.29, 1.82) is 0 Å². The van der Waals surface area contributed by atoms with E-state index in [2.05, 4.69) is 20.6 Å². The SMILES string of the molecule is CCc1nc(NC)cc(NC(CC)(CO)CO)n1. The van der Waals surface area contributed by atoms with Crippen LogP contribution < -0.4 is 10.6 Å². The molecule has 0 fully saturated rings. The fourth-order valence-electron chi connectivity index (χ4n) is 1.56. The van der Waals surface area contributed by atoms with E-state index in [1.54, 1.807) is 13.1 Å². The maximum Gasteiger partial charge on any atom is 0.132 e. The highest BCUT2D eigenvalue weighted by atomic mass is 16.3. The number of nitrogens with one attached hydrogen (secondary N) is 2. The van der Waals surface area contributed by atoms with E-state index in [9.17, 15) is 10.2 Å². The van der Waals surface area contributed by atoms with Gasteiger partial charge in [-0.1, -0.05) is 13.8 Å². The molecule has 102 valence electrons. The molecule has 6 heteroatoms. The van der Waals surface area contributed by atoms with Crippen molar-refractivity contribution in [3.05, 3.63) is 11.9 Å². The highest BCUT2D eigenvalue weighted by molar-refractivity contribution is 5.48. The second kappa shape index (κ2) is 6.51. The Morgan fingerprint density at radius 3 is 2.22 bits per heavy atom. The van der Waals surface area contributed by atoms with Gasteiger partial charge in [0.25, 0.3) is 0 Å². The van der Waals surface area contributed by atoms with Crippen LogP contribution in [0.2, 0.25) is 0 Å². The Balaban J connectivity index is 3.01. The molecule has 1 aromatic rings. The predicted octanol–water partition coefficient (Wildman–Crippen LogP) is 0.626. The summed E-state index contributed by atoms with van der Waals surface area (Å²) in [5, 5.41) is 24.9. The smallest absolute Gasteiger partial charge is 0.132 e. The first-order chi connectivity index (χ1) is 8.62. The monoisotopic (exact) mass is 254 g/mol. The van der Waals surface area contributed by atoms with Gasteiger partial charge in [0.1, 0.15) is 17.5 Å². The molecule has 0 aliphatic rings. The maximum absolute atomic E-state index is 9.41. The Morgan fingerprint density at radius 1 is 1.17 bits per heavy atom. The van der Waals surface area contributed by atoms with Gasteiger partial charge in [-0.2, -0.15) is 0 Å². The molecule has 1 rings (SSSR count). The number of aryl methyl sites for hydroxylation is 1. The molecule has 0 bridgehead atoms. The Labute approximate surface area is 107 Å². The van der Waals surface area contributed by atoms with Crippen LogP contribution in [0.25, 0.3) is 0 Å². The Bertz CT molecular complexity index is 350. The van der Waals surface area contributed by atoms with Crippen LogP contribution in [0.4, 0.5) is 11.6 Å². The average molecular weight is 254 g/mol. The third kappa shape index (κ3) is 3.30. The van der Waals surface area contributed by atoms with Gasteiger partial charge in [0.2, 0.25) is 0 Å². The first-order valence-electron chi connectivity index (χ1n) is 6.18. The minimum Gasteiger partial charge on any atom is -0.394 e. The van der Waals surface area contributed by atoms with Gasteiger partial charge in [-0.05, 0) is 6.42 Å². The molecule has 0 radical (unpaired) electrons. The summed E-state index contributed by atoms with van der Waals surface area (Å²) in [6.45, 7) is 3.57. The van der Waals surface area contributed by atoms with Gasteiger partial charge in [0, 0.05) is 19.5 Å². The topological polar surface area (TPSA) is 90.3 Å². The Morgan fingerprint density at radius 2 is 1.78 bits per heavy atom. The van der Waals surface area contributed by atoms with Crippen molar-refractivity contribution in [3.63, 3.8) is 0 Å². The normalized spacial score (nSPS) is 11.4. The summed E-state index contributed by atoms with van der Waals surface area (Å²) in [5.41, 5.74) is -0.746. The second-order valence-corrected chi connectivity index (χ2v) is 4.23. The minimum atomic E-state index is -0.746. The molecule has 1 aromatic heterocycles. The molecular formula is C12H22N4O2. The summed E-state index contributed by atoms with van der Waals surface area (Å²) < 4.78 is 0. The maximum atomic E-state index is 9.41. The van der Waals surface area contributed by atoms with Crippen molar-refractivity contribution in [2.75, 3.05) is 30.9 Å². The van der Waals surface area contributed by atoms with E-state index in [-0.39, 0.29) is 13.2 Å². The molecule has 18 heavy (non-hydrogen) atoms. The van der Waals surface area contributed by atoms with E-state index in [0.717, 1.165) is 6.42 Å². The number of anilines is 2.